The Labute approximate surface area is 177 Å². The number of ether oxygens (including phenoxy) is 1. The van der Waals surface area contributed by atoms with Crippen LogP contribution in [0.1, 0.15) is 55.2 Å². The molecule has 3 rings (SSSR count). The highest BCUT2D eigenvalue weighted by atomic mass is 32.2. The Bertz CT molecular complexity index is 1020. The van der Waals surface area contributed by atoms with Crippen LogP contribution >= 0.6 is 0 Å². The van der Waals surface area contributed by atoms with Crippen LogP contribution in [0.4, 0.5) is 0 Å². The van der Waals surface area contributed by atoms with E-state index >= 15 is 0 Å². The molecule has 30 heavy (non-hydrogen) atoms. The third-order valence-electron chi connectivity index (χ3n) is 5.01. The first kappa shape index (κ1) is 22.0. The molecule has 0 aliphatic heterocycles. The van der Waals surface area contributed by atoms with Crippen molar-refractivity contribution in [3.05, 3.63) is 59.4 Å². The minimum absolute atomic E-state index is 0.197. The molecule has 1 saturated carbocycles. The highest BCUT2D eigenvalue weighted by Gasteiger charge is 2.27. The maximum Gasteiger partial charge on any atom is 0.258 e. The van der Waals surface area contributed by atoms with E-state index in [4.69, 9.17) is 4.74 Å². The first-order valence-electron chi connectivity index (χ1n) is 10.00. The summed E-state index contributed by atoms with van der Waals surface area (Å²) in [5.41, 5.74) is 0.202. The van der Waals surface area contributed by atoms with E-state index < -0.39 is 21.8 Å². The number of hydrogen-bond donors (Lipinski definition) is 1. The third-order valence-corrected chi connectivity index (χ3v) is 5.66. The van der Waals surface area contributed by atoms with Gasteiger partial charge in [-0.25, -0.2) is 13.4 Å². The van der Waals surface area contributed by atoms with Gasteiger partial charge >= 0.3 is 0 Å². The van der Waals surface area contributed by atoms with Crippen molar-refractivity contribution in [3.8, 4) is 11.6 Å². The van der Waals surface area contributed by atoms with Gasteiger partial charge in [-0.2, -0.15) is 4.98 Å². The average molecular weight is 430 g/mol. The second-order valence-corrected chi connectivity index (χ2v) is 9.83. The summed E-state index contributed by atoms with van der Waals surface area (Å²) in [4.78, 5) is 21.9. The number of aromatic nitrogens is 2. The van der Waals surface area contributed by atoms with E-state index in [2.05, 4.69) is 22.2 Å². The molecule has 2 aromatic rings. The maximum absolute atomic E-state index is 12.8. The standard InChI is InChI=1S/C22H27N3O4S/c1-15-9-10-17(13-15)20-23-14-19(21(26)24-16(2)11-12-30(3,27)28)22(25-20)29-18-7-5-4-6-8-18/h4-8,11-12,14-17H,9-10,13H2,1-3H3,(H,24,26)/b12-11+/t15-,16?,17+/m0/s1. The Morgan fingerprint density at radius 1 is 1.27 bits per heavy atom. The molecule has 1 heterocycles. The van der Waals surface area contributed by atoms with Gasteiger partial charge in [0, 0.05) is 29.8 Å². The number of amides is 1. The van der Waals surface area contributed by atoms with Crippen LogP contribution in [-0.4, -0.2) is 36.6 Å². The zero-order valence-electron chi connectivity index (χ0n) is 17.4. The van der Waals surface area contributed by atoms with Gasteiger partial charge in [-0.05, 0) is 44.2 Å². The van der Waals surface area contributed by atoms with Crippen molar-refractivity contribution in [1.29, 1.82) is 0 Å². The van der Waals surface area contributed by atoms with Gasteiger partial charge in [0.25, 0.3) is 5.91 Å². The molecule has 0 saturated heterocycles. The van der Waals surface area contributed by atoms with Crippen LogP contribution in [0, 0.1) is 5.92 Å². The van der Waals surface area contributed by atoms with Gasteiger partial charge in [0.05, 0.1) is 0 Å². The molecular weight excluding hydrogens is 402 g/mol. The van der Waals surface area contributed by atoms with Crippen molar-refractivity contribution >= 4 is 15.7 Å². The molecule has 1 unspecified atom stereocenters. The second kappa shape index (κ2) is 9.38. The van der Waals surface area contributed by atoms with Crippen LogP contribution in [-0.2, 0) is 9.84 Å². The molecule has 0 radical (unpaired) electrons. The molecule has 3 atom stereocenters. The molecule has 1 amide bonds. The smallest absolute Gasteiger partial charge is 0.258 e. The maximum atomic E-state index is 12.8. The highest BCUT2D eigenvalue weighted by Crippen LogP contribution is 2.37. The number of hydrogen-bond acceptors (Lipinski definition) is 6. The number of nitrogens with one attached hydrogen (secondary N) is 1. The fourth-order valence-electron chi connectivity index (χ4n) is 3.44. The molecule has 0 bridgehead atoms. The van der Waals surface area contributed by atoms with Gasteiger partial charge in [-0.3, -0.25) is 4.79 Å². The lowest BCUT2D eigenvalue weighted by Crippen LogP contribution is -2.31. The topological polar surface area (TPSA) is 98.2 Å². The molecule has 0 spiro atoms. The summed E-state index contributed by atoms with van der Waals surface area (Å²) in [6.45, 7) is 3.90. The monoisotopic (exact) mass is 429 g/mol. The van der Waals surface area contributed by atoms with Crippen molar-refractivity contribution in [2.75, 3.05) is 6.26 Å². The second-order valence-electron chi connectivity index (χ2n) is 7.90. The normalized spacial score (nSPS) is 20.2. The zero-order valence-corrected chi connectivity index (χ0v) is 18.2. The fraction of sp³-hybridized carbons (Fsp3) is 0.409. The van der Waals surface area contributed by atoms with Gasteiger partial charge in [-0.1, -0.05) is 31.2 Å². The van der Waals surface area contributed by atoms with Crippen LogP contribution < -0.4 is 10.1 Å². The number of carbonyl (C=O) groups is 1. The van der Waals surface area contributed by atoms with E-state index in [0.717, 1.165) is 30.9 Å². The molecule has 7 nitrogen and oxygen atoms in total. The van der Waals surface area contributed by atoms with Crippen LogP contribution in [0.15, 0.2) is 48.0 Å². The van der Waals surface area contributed by atoms with Gasteiger partial charge in [0.15, 0.2) is 9.84 Å². The summed E-state index contributed by atoms with van der Waals surface area (Å²) in [6.07, 6.45) is 7.18. The highest BCUT2D eigenvalue weighted by molar-refractivity contribution is 7.93. The summed E-state index contributed by atoms with van der Waals surface area (Å²) in [6, 6.07) is 8.65. The van der Waals surface area contributed by atoms with Crippen molar-refractivity contribution in [1.82, 2.24) is 15.3 Å². The molecule has 1 aromatic heterocycles. The molecule has 160 valence electrons. The summed E-state index contributed by atoms with van der Waals surface area (Å²) in [5.74, 6) is 1.91. The van der Waals surface area contributed by atoms with Gasteiger partial charge in [-0.15, -0.1) is 0 Å². The summed E-state index contributed by atoms with van der Waals surface area (Å²) < 4.78 is 28.5. The van der Waals surface area contributed by atoms with Crippen molar-refractivity contribution in [2.24, 2.45) is 5.92 Å². The van der Waals surface area contributed by atoms with E-state index in [1.165, 1.54) is 12.3 Å². The number of carbonyl (C=O) groups excluding carboxylic acids is 1. The fourth-order valence-corrected chi connectivity index (χ4v) is 3.97. The van der Waals surface area contributed by atoms with E-state index in [0.29, 0.717) is 17.5 Å². The number of para-hydroxylation sites is 1. The first-order chi connectivity index (χ1) is 14.2. The SMILES string of the molecule is CC(/C=C/S(C)(=O)=O)NC(=O)c1cnc([C@@H]2CC[C@H](C)C2)nc1Oc1ccccc1. The number of sulfone groups is 1. The lowest BCUT2D eigenvalue weighted by molar-refractivity contribution is 0.0943. The third kappa shape index (κ3) is 6.13. The summed E-state index contributed by atoms with van der Waals surface area (Å²) in [7, 11) is -3.27. The van der Waals surface area contributed by atoms with Crippen molar-refractivity contribution in [2.45, 2.75) is 45.1 Å². The van der Waals surface area contributed by atoms with E-state index in [1.54, 1.807) is 19.1 Å². The quantitative estimate of drug-likeness (QED) is 0.718. The number of nitrogens with zero attached hydrogens (tertiary/aromatic N) is 2. The molecule has 1 aliphatic carbocycles. The molecule has 1 aliphatic rings. The predicted octanol–water partition coefficient (Wildman–Crippen LogP) is 3.85. The van der Waals surface area contributed by atoms with E-state index in [9.17, 15) is 13.2 Å². The van der Waals surface area contributed by atoms with Crippen LogP contribution in [0.25, 0.3) is 0 Å². The lowest BCUT2D eigenvalue weighted by Gasteiger charge is -2.15. The Kier molecular flexibility index (Phi) is 6.87. The molecule has 1 aromatic carbocycles. The minimum atomic E-state index is -3.27. The van der Waals surface area contributed by atoms with Crippen molar-refractivity contribution < 1.29 is 17.9 Å². The van der Waals surface area contributed by atoms with Gasteiger partial charge in [0.2, 0.25) is 5.88 Å². The molecule has 1 N–H and O–H groups in total. The Hall–Kier alpha value is -2.74. The molecule has 1 fully saturated rings. The summed E-state index contributed by atoms with van der Waals surface area (Å²) in [5, 5.41) is 3.81. The van der Waals surface area contributed by atoms with E-state index in [-0.39, 0.29) is 17.4 Å². The lowest BCUT2D eigenvalue weighted by atomic mass is 10.1. The van der Waals surface area contributed by atoms with Crippen LogP contribution in [0.5, 0.6) is 11.6 Å². The molecular formula is C22H27N3O4S. The average Bonchev–Trinajstić information content (AvgIpc) is 3.13. The Balaban J connectivity index is 1.86. The van der Waals surface area contributed by atoms with Crippen LogP contribution in [0.3, 0.4) is 0 Å². The Morgan fingerprint density at radius 3 is 2.63 bits per heavy atom. The first-order valence-corrected chi connectivity index (χ1v) is 12.0. The van der Waals surface area contributed by atoms with Crippen LogP contribution in [0.2, 0.25) is 0 Å². The number of rotatable bonds is 7. The Morgan fingerprint density at radius 2 is 2.00 bits per heavy atom. The number of benzene rings is 1. The predicted molar refractivity (Wildman–Crippen MR) is 115 cm³/mol. The zero-order chi connectivity index (χ0) is 21.7. The van der Waals surface area contributed by atoms with Crippen molar-refractivity contribution in [3.63, 3.8) is 0 Å². The summed E-state index contributed by atoms with van der Waals surface area (Å²) >= 11 is 0. The molecule has 8 heteroatoms. The van der Waals surface area contributed by atoms with Gasteiger partial charge < -0.3 is 10.1 Å². The largest absolute Gasteiger partial charge is 0.438 e. The van der Waals surface area contributed by atoms with Gasteiger partial charge in [0.1, 0.15) is 17.1 Å². The minimum Gasteiger partial charge on any atom is -0.438 e. The van der Waals surface area contributed by atoms with E-state index in [1.807, 2.05) is 18.2 Å².